The summed E-state index contributed by atoms with van der Waals surface area (Å²) in [4.78, 5) is 24.1. The number of hydrogen-bond acceptors (Lipinski definition) is 3. The SMILES string of the molecule is CCC(C)C(CCCCCCC(C)C)OC(=O)C1CCCCC1C(=O)O. The maximum absolute atomic E-state index is 12.7. The van der Waals surface area contributed by atoms with Gasteiger partial charge in [-0.2, -0.15) is 0 Å². The van der Waals surface area contributed by atoms with Crippen LogP contribution in [0.25, 0.3) is 0 Å². The number of hydrogen-bond donors (Lipinski definition) is 1. The van der Waals surface area contributed by atoms with E-state index in [1.807, 2.05) is 0 Å². The van der Waals surface area contributed by atoms with E-state index in [1.54, 1.807) is 0 Å². The Hall–Kier alpha value is -1.06. The molecule has 0 radical (unpaired) electrons. The Balaban J connectivity index is 2.49. The number of ether oxygens (including phenoxy) is 1. The lowest BCUT2D eigenvalue weighted by Crippen LogP contribution is -2.37. The van der Waals surface area contributed by atoms with E-state index in [2.05, 4.69) is 27.7 Å². The van der Waals surface area contributed by atoms with Gasteiger partial charge >= 0.3 is 11.9 Å². The van der Waals surface area contributed by atoms with Crippen molar-refractivity contribution < 1.29 is 19.4 Å². The molecule has 1 aliphatic rings. The minimum atomic E-state index is -0.850. The minimum absolute atomic E-state index is 0.0750. The molecule has 1 N–H and O–H groups in total. The number of aliphatic carboxylic acids is 1. The summed E-state index contributed by atoms with van der Waals surface area (Å²) in [7, 11) is 0. The van der Waals surface area contributed by atoms with Crippen LogP contribution in [0.5, 0.6) is 0 Å². The van der Waals surface area contributed by atoms with Gasteiger partial charge in [-0.1, -0.05) is 72.6 Å². The largest absolute Gasteiger partial charge is 0.481 e. The lowest BCUT2D eigenvalue weighted by atomic mass is 9.79. The molecule has 4 nitrogen and oxygen atoms in total. The van der Waals surface area contributed by atoms with E-state index in [0.717, 1.165) is 38.0 Å². The van der Waals surface area contributed by atoms with E-state index in [4.69, 9.17) is 4.74 Å². The Bertz CT molecular complexity index is 418. The van der Waals surface area contributed by atoms with Gasteiger partial charge in [-0.25, -0.2) is 0 Å². The molecule has 0 amide bonds. The van der Waals surface area contributed by atoms with Crippen LogP contribution in [0.4, 0.5) is 0 Å². The summed E-state index contributed by atoms with van der Waals surface area (Å²) < 4.78 is 5.87. The van der Waals surface area contributed by atoms with Crippen LogP contribution in [-0.2, 0) is 14.3 Å². The Morgan fingerprint density at radius 1 is 0.962 bits per heavy atom. The fourth-order valence-electron chi connectivity index (χ4n) is 3.92. The zero-order chi connectivity index (χ0) is 19.5. The van der Waals surface area contributed by atoms with Crippen LogP contribution < -0.4 is 0 Å². The van der Waals surface area contributed by atoms with E-state index in [1.165, 1.54) is 25.7 Å². The lowest BCUT2D eigenvalue weighted by Gasteiger charge is -2.30. The quantitative estimate of drug-likeness (QED) is 0.347. The van der Waals surface area contributed by atoms with E-state index in [9.17, 15) is 14.7 Å². The van der Waals surface area contributed by atoms with Gasteiger partial charge in [0, 0.05) is 0 Å². The van der Waals surface area contributed by atoms with Crippen molar-refractivity contribution in [1.82, 2.24) is 0 Å². The first-order valence-electron chi connectivity index (χ1n) is 10.8. The molecule has 0 spiro atoms. The smallest absolute Gasteiger partial charge is 0.310 e. The zero-order valence-electron chi connectivity index (χ0n) is 17.3. The molecule has 1 saturated carbocycles. The molecule has 1 rings (SSSR count). The molecular formula is C22H40O4. The maximum atomic E-state index is 12.7. The van der Waals surface area contributed by atoms with Gasteiger partial charge in [0.25, 0.3) is 0 Å². The van der Waals surface area contributed by atoms with Crippen molar-refractivity contribution in [2.75, 3.05) is 0 Å². The summed E-state index contributed by atoms with van der Waals surface area (Å²) >= 11 is 0. The van der Waals surface area contributed by atoms with Gasteiger partial charge in [-0.15, -0.1) is 0 Å². The third-order valence-electron chi connectivity index (χ3n) is 5.95. The van der Waals surface area contributed by atoms with Crippen molar-refractivity contribution in [1.29, 1.82) is 0 Å². The third kappa shape index (κ3) is 8.09. The van der Waals surface area contributed by atoms with Gasteiger partial charge in [0.2, 0.25) is 0 Å². The first-order valence-corrected chi connectivity index (χ1v) is 10.8. The number of esters is 1. The molecule has 152 valence electrons. The van der Waals surface area contributed by atoms with Crippen LogP contribution in [0.15, 0.2) is 0 Å². The van der Waals surface area contributed by atoms with Crippen molar-refractivity contribution in [3.63, 3.8) is 0 Å². The average molecular weight is 369 g/mol. The highest BCUT2D eigenvalue weighted by Gasteiger charge is 2.38. The Morgan fingerprint density at radius 3 is 2.08 bits per heavy atom. The van der Waals surface area contributed by atoms with Crippen molar-refractivity contribution >= 4 is 11.9 Å². The lowest BCUT2D eigenvalue weighted by molar-refractivity contribution is -0.166. The van der Waals surface area contributed by atoms with Crippen molar-refractivity contribution in [2.45, 2.75) is 104 Å². The highest BCUT2D eigenvalue weighted by atomic mass is 16.5. The number of carboxylic acids is 1. The third-order valence-corrected chi connectivity index (χ3v) is 5.95. The molecule has 4 unspecified atom stereocenters. The average Bonchev–Trinajstić information content (AvgIpc) is 2.62. The normalized spacial score (nSPS) is 22.8. The summed E-state index contributed by atoms with van der Waals surface area (Å²) in [6.07, 6.45) is 10.9. The molecular weight excluding hydrogens is 328 g/mol. The standard InChI is InChI=1S/C22H40O4/c1-5-17(4)20(15-9-7-6-8-12-16(2)3)26-22(25)19-14-11-10-13-18(19)21(23)24/h16-20H,5-15H2,1-4H3,(H,23,24). The van der Waals surface area contributed by atoms with Gasteiger partial charge in [-0.3, -0.25) is 9.59 Å². The molecule has 0 aromatic carbocycles. The molecule has 0 aromatic rings. The summed E-state index contributed by atoms with van der Waals surface area (Å²) in [5, 5.41) is 9.40. The topological polar surface area (TPSA) is 63.6 Å². The number of carbonyl (C=O) groups is 2. The van der Waals surface area contributed by atoms with Gasteiger partial charge < -0.3 is 9.84 Å². The van der Waals surface area contributed by atoms with E-state index in [-0.39, 0.29) is 12.1 Å². The Morgan fingerprint density at radius 2 is 1.54 bits per heavy atom. The Kier molecular flexibility index (Phi) is 10.9. The van der Waals surface area contributed by atoms with Crippen LogP contribution in [-0.4, -0.2) is 23.1 Å². The van der Waals surface area contributed by atoms with Crippen molar-refractivity contribution in [3.8, 4) is 0 Å². The van der Waals surface area contributed by atoms with Crippen molar-refractivity contribution in [3.05, 3.63) is 0 Å². The van der Waals surface area contributed by atoms with Gasteiger partial charge in [0.15, 0.2) is 0 Å². The van der Waals surface area contributed by atoms with Gasteiger partial charge in [0.05, 0.1) is 11.8 Å². The van der Waals surface area contributed by atoms with Crippen LogP contribution >= 0.6 is 0 Å². The maximum Gasteiger partial charge on any atom is 0.310 e. The first kappa shape index (κ1) is 23.0. The predicted octanol–water partition coefficient (Wildman–Crippen LogP) is 5.83. The molecule has 0 aliphatic heterocycles. The highest BCUT2D eigenvalue weighted by Crippen LogP contribution is 2.32. The second kappa shape index (κ2) is 12.3. The molecule has 0 bridgehead atoms. The molecule has 0 aromatic heterocycles. The van der Waals surface area contributed by atoms with Crippen LogP contribution in [0.1, 0.15) is 98.3 Å². The summed E-state index contributed by atoms with van der Waals surface area (Å²) in [5.74, 6) is -1.06. The second-order valence-electron chi connectivity index (χ2n) is 8.58. The monoisotopic (exact) mass is 368 g/mol. The molecule has 1 aliphatic carbocycles. The molecule has 1 fully saturated rings. The number of carbonyl (C=O) groups excluding carboxylic acids is 1. The molecule has 4 atom stereocenters. The van der Waals surface area contributed by atoms with E-state index >= 15 is 0 Å². The van der Waals surface area contributed by atoms with Crippen LogP contribution in [0.3, 0.4) is 0 Å². The first-order chi connectivity index (χ1) is 12.4. The number of unbranched alkanes of at least 4 members (excludes halogenated alkanes) is 3. The van der Waals surface area contributed by atoms with Gasteiger partial charge in [0.1, 0.15) is 6.10 Å². The molecule has 0 heterocycles. The molecule has 4 heteroatoms. The summed E-state index contributed by atoms with van der Waals surface area (Å²) in [6.45, 7) is 8.77. The number of carboxylic acid groups (broad SMARTS) is 1. The Labute approximate surface area is 160 Å². The van der Waals surface area contributed by atoms with Crippen molar-refractivity contribution in [2.24, 2.45) is 23.7 Å². The second-order valence-corrected chi connectivity index (χ2v) is 8.58. The molecule has 0 saturated heterocycles. The zero-order valence-corrected chi connectivity index (χ0v) is 17.3. The van der Waals surface area contributed by atoms with E-state index in [0.29, 0.717) is 18.8 Å². The molecule has 26 heavy (non-hydrogen) atoms. The van der Waals surface area contributed by atoms with E-state index < -0.39 is 17.8 Å². The predicted molar refractivity (Wildman–Crippen MR) is 105 cm³/mol. The summed E-state index contributed by atoms with van der Waals surface area (Å²) in [6, 6.07) is 0. The van der Waals surface area contributed by atoms with Crippen LogP contribution in [0, 0.1) is 23.7 Å². The van der Waals surface area contributed by atoms with Crippen LogP contribution in [0.2, 0.25) is 0 Å². The fraction of sp³-hybridized carbons (Fsp3) is 0.909. The summed E-state index contributed by atoms with van der Waals surface area (Å²) in [5.41, 5.74) is 0. The number of rotatable bonds is 12. The highest BCUT2D eigenvalue weighted by molar-refractivity contribution is 5.81. The van der Waals surface area contributed by atoms with Gasteiger partial charge in [-0.05, 0) is 37.5 Å². The minimum Gasteiger partial charge on any atom is -0.481 e. The fourth-order valence-corrected chi connectivity index (χ4v) is 3.92.